The van der Waals surface area contributed by atoms with Crippen molar-refractivity contribution in [2.75, 3.05) is 13.7 Å². The molecule has 178 valence electrons. The third-order valence-electron chi connectivity index (χ3n) is 6.48. The van der Waals surface area contributed by atoms with Crippen LogP contribution < -0.4 is 5.32 Å². The predicted octanol–water partition coefficient (Wildman–Crippen LogP) is 5.74. The van der Waals surface area contributed by atoms with E-state index >= 15 is 4.39 Å². The molecule has 4 aromatic rings. The number of benzene rings is 2. The number of nitrogens with zero attached hydrogens (tertiary/aromatic N) is 2. The van der Waals surface area contributed by atoms with E-state index in [1.165, 1.54) is 30.1 Å². The van der Waals surface area contributed by atoms with Gasteiger partial charge in [-0.2, -0.15) is 0 Å². The van der Waals surface area contributed by atoms with Crippen LogP contribution in [0.4, 0.5) is 4.39 Å². The van der Waals surface area contributed by atoms with Gasteiger partial charge < -0.3 is 10.1 Å². The van der Waals surface area contributed by atoms with Crippen LogP contribution in [0.1, 0.15) is 37.1 Å². The molecule has 5 rings (SSSR count). The largest absolute Gasteiger partial charge is 0.469 e. The van der Waals surface area contributed by atoms with E-state index in [1.807, 2.05) is 50.2 Å². The van der Waals surface area contributed by atoms with Crippen molar-refractivity contribution in [1.82, 2.24) is 15.3 Å². The van der Waals surface area contributed by atoms with Crippen molar-refractivity contribution in [3.05, 3.63) is 95.5 Å². The van der Waals surface area contributed by atoms with E-state index in [0.717, 1.165) is 21.6 Å². The fourth-order valence-electron chi connectivity index (χ4n) is 4.23. The lowest BCUT2D eigenvalue weighted by Crippen LogP contribution is -2.38. The van der Waals surface area contributed by atoms with Gasteiger partial charge in [0, 0.05) is 17.6 Å². The number of nitrogens with one attached hydrogen (secondary N) is 1. The molecule has 2 aromatic carbocycles. The van der Waals surface area contributed by atoms with Crippen LogP contribution in [-0.4, -0.2) is 29.6 Å². The van der Waals surface area contributed by atoms with Crippen LogP contribution in [0.3, 0.4) is 0 Å². The summed E-state index contributed by atoms with van der Waals surface area (Å²) in [7, 11) is 1.37. The Balaban J connectivity index is 1.39. The smallest absolute Gasteiger partial charge is 0.306 e. The Labute approximate surface area is 207 Å². The second-order valence-electron chi connectivity index (χ2n) is 9.18. The summed E-state index contributed by atoms with van der Waals surface area (Å²) >= 11 is 1.39. The Kier molecular flexibility index (Phi) is 5.99. The number of hydrogen-bond acceptors (Lipinski definition) is 6. The van der Waals surface area contributed by atoms with E-state index < -0.39 is 5.54 Å². The lowest BCUT2D eigenvalue weighted by atomic mass is 9.89. The fourth-order valence-corrected chi connectivity index (χ4v) is 5.19. The van der Waals surface area contributed by atoms with Gasteiger partial charge in [-0.15, -0.1) is 0 Å². The van der Waals surface area contributed by atoms with Crippen molar-refractivity contribution in [3.63, 3.8) is 0 Å². The van der Waals surface area contributed by atoms with E-state index in [1.54, 1.807) is 6.07 Å². The Morgan fingerprint density at radius 2 is 1.86 bits per heavy atom. The van der Waals surface area contributed by atoms with Crippen molar-refractivity contribution in [3.8, 4) is 10.6 Å². The molecule has 0 aliphatic heterocycles. The zero-order chi connectivity index (χ0) is 24.6. The van der Waals surface area contributed by atoms with E-state index in [-0.39, 0.29) is 23.6 Å². The first kappa shape index (κ1) is 23.3. The number of aromatic nitrogens is 2. The molecule has 1 N–H and O–H groups in total. The molecule has 0 saturated heterocycles. The zero-order valence-corrected chi connectivity index (χ0v) is 20.7. The minimum Gasteiger partial charge on any atom is -0.469 e. The minimum atomic E-state index is -0.513. The molecule has 0 atom stereocenters. The van der Waals surface area contributed by atoms with Gasteiger partial charge in [0.2, 0.25) is 0 Å². The maximum Gasteiger partial charge on any atom is 0.306 e. The quantitative estimate of drug-likeness (QED) is 0.254. The molecule has 0 fully saturated rings. The summed E-state index contributed by atoms with van der Waals surface area (Å²) in [6, 6.07) is 19.4. The molecular weight excluding hydrogens is 461 g/mol. The topological polar surface area (TPSA) is 64.1 Å². The molecule has 7 heteroatoms. The van der Waals surface area contributed by atoms with Crippen LogP contribution in [0.15, 0.2) is 72.8 Å². The molecule has 35 heavy (non-hydrogen) atoms. The summed E-state index contributed by atoms with van der Waals surface area (Å²) in [5.74, 6) is -0.621. The van der Waals surface area contributed by atoms with Crippen molar-refractivity contribution in [2.45, 2.75) is 31.2 Å². The van der Waals surface area contributed by atoms with Gasteiger partial charge in [-0.05, 0) is 49.2 Å². The average Bonchev–Trinajstić information content (AvgIpc) is 3.57. The first-order valence-corrected chi connectivity index (χ1v) is 12.3. The molecule has 5 nitrogen and oxygen atoms in total. The summed E-state index contributed by atoms with van der Waals surface area (Å²) in [5.41, 5.74) is 3.34. The first-order chi connectivity index (χ1) is 16.8. The van der Waals surface area contributed by atoms with E-state index in [9.17, 15) is 4.79 Å². The highest BCUT2D eigenvalue weighted by Crippen LogP contribution is 2.45. The van der Waals surface area contributed by atoms with Crippen LogP contribution in [0, 0.1) is 5.82 Å². The SMILES string of the molecule is COC(=O)CCNC(C)(C)c1ccc(-c2nc3ccc(C4(c5ccccc5)C=C4)nc3s2)c(F)c1. The zero-order valence-electron chi connectivity index (χ0n) is 19.8. The van der Waals surface area contributed by atoms with E-state index in [4.69, 9.17) is 4.98 Å². The number of thiazole rings is 1. The normalized spacial score (nSPS) is 14.3. The van der Waals surface area contributed by atoms with Crippen LogP contribution in [0.5, 0.6) is 0 Å². The molecule has 2 heterocycles. The molecule has 0 saturated carbocycles. The summed E-state index contributed by atoms with van der Waals surface area (Å²) in [6.07, 6.45) is 4.55. The molecule has 0 radical (unpaired) electrons. The summed E-state index contributed by atoms with van der Waals surface area (Å²) in [6.45, 7) is 4.35. The van der Waals surface area contributed by atoms with E-state index in [2.05, 4.69) is 39.3 Å². The van der Waals surface area contributed by atoms with E-state index in [0.29, 0.717) is 17.1 Å². The molecular formula is C28H26FN3O2S. The number of carbonyl (C=O) groups is 1. The van der Waals surface area contributed by atoms with Gasteiger partial charge in [-0.3, -0.25) is 4.79 Å². The molecule has 0 bridgehead atoms. The average molecular weight is 488 g/mol. The molecule has 0 unspecified atom stereocenters. The molecule has 1 aliphatic carbocycles. The number of fused-ring (bicyclic) bond motifs is 1. The second-order valence-corrected chi connectivity index (χ2v) is 10.2. The number of methoxy groups -OCH3 is 1. The van der Waals surface area contributed by atoms with Gasteiger partial charge in [0.15, 0.2) is 0 Å². The number of pyridine rings is 1. The third-order valence-corrected chi connectivity index (χ3v) is 7.47. The number of allylic oxidation sites excluding steroid dienone is 2. The highest BCUT2D eigenvalue weighted by atomic mass is 32.1. The maximum absolute atomic E-state index is 15.2. The van der Waals surface area contributed by atoms with Gasteiger partial charge >= 0.3 is 5.97 Å². The molecule has 0 amide bonds. The number of rotatable bonds is 8. The summed E-state index contributed by atoms with van der Waals surface area (Å²) in [4.78, 5) is 21.7. The highest BCUT2D eigenvalue weighted by molar-refractivity contribution is 7.21. The first-order valence-electron chi connectivity index (χ1n) is 11.5. The fraction of sp³-hybridized carbons (Fsp3) is 0.250. The summed E-state index contributed by atoms with van der Waals surface area (Å²) < 4.78 is 19.9. The maximum atomic E-state index is 15.2. The van der Waals surface area contributed by atoms with Gasteiger partial charge in [0.25, 0.3) is 0 Å². The van der Waals surface area contributed by atoms with Crippen LogP contribution >= 0.6 is 11.3 Å². The number of carbonyl (C=O) groups excluding carboxylic acids is 1. The Hall–Kier alpha value is -3.42. The Bertz CT molecular complexity index is 1420. The molecule has 0 spiro atoms. The predicted molar refractivity (Wildman–Crippen MR) is 137 cm³/mol. The number of ether oxygens (including phenoxy) is 1. The van der Waals surface area contributed by atoms with Crippen molar-refractivity contribution >= 4 is 27.7 Å². The molecule has 1 aliphatic rings. The van der Waals surface area contributed by atoms with Crippen LogP contribution in [0.2, 0.25) is 0 Å². The van der Waals surface area contributed by atoms with Crippen LogP contribution in [0.25, 0.3) is 20.9 Å². The van der Waals surface area contributed by atoms with Crippen molar-refractivity contribution in [1.29, 1.82) is 0 Å². The monoisotopic (exact) mass is 487 g/mol. The van der Waals surface area contributed by atoms with Gasteiger partial charge in [0.05, 0.1) is 24.6 Å². The van der Waals surface area contributed by atoms with Crippen LogP contribution in [-0.2, 0) is 20.5 Å². The number of halogens is 1. The highest BCUT2D eigenvalue weighted by Gasteiger charge is 2.39. The third kappa shape index (κ3) is 4.49. The number of esters is 1. The summed E-state index contributed by atoms with van der Waals surface area (Å²) in [5, 5.41) is 3.89. The van der Waals surface area contributed by atoms with Gasteiger partial charge in [-0.1, -0.05) is 59.9 Å². The standard InChI is InChI=1S/C28H26FN3O2S/c1-27(2,30-16-13-24(33)34-3)19-9-10-20(21(29)17-19)25-31-22-11-12-23(32-26(22)35-25)28(14-15-28)18-7-5-4-6-8-18/h4-12,14-15,17,30H,13,16H2,1-3H3. The Morgan fingerprint density at radius 3 is 2.54 bits per heavy atom. The van der Waals surface area contributed by atoms with Crippen molar-refractivity contribution < 1.29 is 13.9 Å². The second kappa shape index (κ2) is 8.98. The Morgan fingerprint density at radius 1 is 1.09 bits per heavy atom. The van der Waals surface area contributed by atoms with Crippen molar-refractivity contribution in [2.24, 2.45) is 0 Å². The number of hydrogen-bond donors (Lipinski definition) is 1. The minimum absolute atomic E-state index is 0.252. The lowest BCUT2D eigenvalue weighted by molar-refractivity contribution is -0.140. The van der Waals surface area contributed by atoms with Gasteiger partial charge in [0.1, 0.15) is 21.2 Å². The molecule has 2 aromatic heterocycles. The van der Waals surface area contributed by atoms with Gasteiger partial charge in [-0.25, -0.2) is 14.4 Å². The lowest BCUT2D eigenvalue weighted by Gasteiger charge is -2.27.